The van der Waals surface area contributed by atoms with E-state index in [2.05, 4.69) is 38.2 Å². The topological polar surface area (TPSA) is 102 Å². The molecule has 0 N–H and O–H groups in total. The van der Waals surface area contributed by atoms with E-state index in [0.29, 0.717) is 12.8 Å². The Kier molecular flexibility index (Phi) is 34.3. The Balaban J connectivity index is 4.30. The Morgan fingerprint density at radius 1 is 0.558 bits per heavy atom. The highest BCUT2D eigenvalue weighted by Gasteiger charge is 2.25. The third kappa shape index (κ3) is 33.6. The summed E-state index contributed by atoms with van der Waals surface area (Å²) >= 11 is 0. The number of allylic oxidation sites excluding steroid dienone is 4. The smallest absolute Gasteiger partial charge is 0.306 e. The van der Waals surface area contributed by atoms with Crippen molar-refractivity contribution >= 4 is 17.9 Å². The minimum atomic E-state index is -1.13. The number of hydrogen-bond acceptors (Lipinski definition) is 7. The maximum atomic E-state index is 12.6. The molecule has 0 spiro atoms. The van der Waals surface area contributed by atoms with E-state index in [0.717, 1.165) is 70.6 Å². The first-order chi connectivity index (χ1) is 25.1. The summed E-state index contributed by atoms with van der Waals surface area (Å²) < 4.78 is 17.1. The fourth-order valence-electron chi connectivity index (χ4n) is 6.16. The third-order valence-corrected chi connectivity index (χ3v) is 9.56. The minimum absolute atomic E-state index is 0.0357. The molecule has 0 rings (SSSR count). The zero-order chi connectivity index (χ0) is 38.5. The number of carbonyl (C=O) groups is 3. The summed E-state index contributed by atoms with van der Waals surface area (Å²) in [6.07, 6.45) is 37.8. The second-order valence-electron chi connectivity index (χ2n) is 15.6. The number of aliphatic carboxylic acids is 1. The minimum Gasteiger partial charge on any atom is -0.544 e. The molecule has 0 aliphatic heterocycles. The highest BCUT2D eigenvalue weighted by molar-refractivity contribution is 5.70. The molecular formula is C44H81NO7. The average Bonchev–Trinajstić information content (AvgIpc) is 3.09. The van der Waals surface area contributed by atoms with Gasteiger partial charge in [-0.15, -0.1) is 0 Å². The second-order valence-corrected chi connectivity index (χ2v) is 15.6. The number of rotatable bonds is 38. The van der Waals surface area contributed by atoms with Gasteiger partial charge in [-0.3, -0.25) is 9.59 Å². The summed E-state index contributed by atoms with van der Waals surface area (Å²) in [5, 5.41) is 11.6. The molecule has 8 nitrogen and oxygen atoms in total. The van der Waals surface area contributed by atoms with Crippen LogP contribution in [0.4, 0.5) is 0 Å². The summed E-state index contributed by atoms with van der Waals surface area (Å²) in [7, 11) is 5.39. The van der Waals surface area contributed by atoms with Crippen molar-refractivity contribution in [2.45, 2.75) is 199 Å². The molecular weight excluding hydrogens is 654 g/mol. The lowest BCUT2D eigenvalue weighted by Crippen LogP contribution is -2.55. The van der Waals surface area contributed by atoms with Gasteiger partial charge in [-0.1, -0.05) is 134 Å². The van der Waals surface area contributed by atoms with Crippen LogP contribution in [0.1, 0.15) is 187 Å². The number of carboxylic acid groups (broad SMARTS) is 1. The van der Waals surface area contributed by atoms with Crippen LogP contribution in [0.15, 0.2) is 24.3 Å². The van der Waals surface area contributed by atoms with Gasteiger partial charge in [-0.2, -0.15) is 0 Å². The van der Waals surface area contributed by atoms with E-state index in [1.54, 1.807) is 21.1 Å². The maximum Gasteiger partial charge on any atom is 0.306 e. The molecule has 52 heavy (non-hydrogen) atoms. The van der Waals surface area contributed by atoms with Crippen LogP contribution in [-0.4, -0.2) is 75.5 Å². The van der Waals surface area contributed by atoms with Crippen molar-refractivity contribution in [3.63, 3.8) is 0 Å². The quantitative estimate of drug-likeness (QED) is 0.0269. The van der Waals surface area contributed by atoms with Crippen molar-refractivity contribution in [2.75, 3.05) is 41.0 Å². The SMILES string of the molecule is CCCC/C=C/CCCCCCC(=O)OC(COCCC(C(=O)[O-])[N+](C)(C)C)COC(=O)CCCCCCC/C=C/CCCCCCCCCCC. The van der Waals surface area contributed by atoms with Gasteiger partial charge in [-0.05, 0) is 57.8 Å². The number of carbonyl (C=O) groups excluding carboxylic acids is 3. The predicted molar refractivity (Wildman–Crippen MR) is 213 cm³/mol. The van der Waals surface area contributed by atoms with Gasteiger partial charge in [0, 0.05) is 19.3 Å². The predicted octanol–water partition coefficient (Wildman–Crippen LogP) is 9.97. The van der Waals surface area contributed by atoms with Gasteiger partial charge in [-0.25, -0.2) is 0 Å². The van der Waals surface area contributed by atoms with E-state index < -0.39 is 18.1 Å². The fraction of sp³-hybridized carbons (Fsp3) is 0.841. The number of hydrogen-bond donors (Lipinski definition) is 0. The van der Waals surface area contributed by atoms with Gasteiger partial charge >= 0.3 is 11.9 Å². The molecule has 0 aliphatic rings. The van der Waals surface area contributed by atoms with E-state index in [1.807, 2.05) is 0 Å². The van der Waals surface area contributed by atoms with Gasteiger partial charge in [0.15, 0.2) is 6.10 Å². The first kappa shape index (κ1) is 49.8. The molecule has 0 aromatic heterocycles. The zero-order valence-electron chi connectivity index (χ0n) is 34.5. The van der Waals surface area contributed by atoms with Gasteiger partial charge in [0.2, 0.25) is 0 Å². The van der Waals surface area contributed by atoms with Crippen LogP contribution in [0.2, 0.25) is 0 Å². The molecule has 0 aliphatic carbocycles. The molecule has 0 bridgehead atoms. The summed E-state index contributed by atoms with van der Waals surface area (Å²) in [5.74, 6) is -1.76. The summed E-state index contributed by atoms with van der Waals surface area (Å²) in [6, 6.07) is -0.725. The number of carboxylic acids is 1. The zero-order valence-corrected chi connectivity index (χ0v) is 34.5. The molecule has 8 heteroatoms. The number of quaternary nitrogens is 1. The second kappa shape index (κ2) is 35.8. The van der Waals surface area contributed by atoms with Crippen LogP contribution in [-0.2, 0) is 28.6 Å². The summed E-state index contributed by atoms with van der Waals surface area (Å²) in [4.78, 5) is 36.7. The Hall–Kier alpha value is -2.19. The normalized spacial score (nSPS) is 13.2. The highest BCUT2D eigenvalue weighted by Crippen LogP contribution is 2.14. The molecule has 0 saturated carbocycles. The molecule has 0 radical (unpaired) electrons. The van der Waals surface area contributed by atoms with Crippen molar-refractivity contribution in [3.05, 3.63) is 24.3 Å². The van der Waals surface area contributed by atoms with E-state index >= 15 is 0 Å². The first-order valence-corrected chi connectivity index (χ1v) is 21.4. The summed E-state index contributed by atoms with van der Waals surface area (Å²) in [5.41, 5.74) is 0. The Morgan fingerprint density at radius 3 is 1.44 bits per heavy atom. The lowest BCUT2D eigenvalue weighted by atomic mass is 10.1. The van der Waals surface area contributed by atoms with E-state index in [9.17, 15) is 19.5 Å². The van der Waals surface area contributed by atoms with Crippen LogP contribution >= 0.6 is 0 Å². The highest BCUT2D eigenvalue weighted by atomic mass is 16.6. The average molecular weight is 736 g/mol. The Morgan fingerprint density at radius 2 is 0.981 bits per heavy atom. The molecule has 2 atom stereocenters. The van der Waals surface area contributed by atoms with Gasteiger partial charge in [0.05, 0.1) is 40.3 Å². The van der Waals surface area contributed by atoms with Crippen molar-refractivity contribution in [1.82, 2.24) is 0 Å². The molecule has 304 valence electrons. The number of unbranched alkanes of at least 4 members (excludes halogenated alkanes) is 20. The number of esters is 2. The summed E-state index contributed by atoms with van der Waals surface area (Å²) in [6.45, 7) is 4.60. The Labute approximate surface area is 320 Å². The number of nitrogens with zero attached hydrogens (tertiary/aromatic N) is 1. The van der Waals surface area contributed by atoms with Crippen molar-refractivity contribution in [2.24, 2.45) is 0 Å². The maximum absolute atomic E-state index is 12.6. The Bertz CT molecular complexity index is 911. The standard InChI is InChI=1S/C44H81NO7/c1-6-8-10-12-14-16-18-19-20-21-22-23-24-25-27-28-30-32-34-42(46)51-39-40(38-50-37-36-41(44(48)49)45(3,4)5)52-43(47)35-33-31-29-26-17-15-13-11-9-7-2/h13,15,22-23,40-41H,6-12,14,16-21,24-39H2,1-5H3/b15-13+,23-22+. The van der Waals surface area contributed by atoms with Gasteiger partial charge in [0.1, 0.15) is 12.6 Å². The molecule has 0 saturated heterocycles. The van der Waals surface area contributed by atoms with Crippen molar-refractivity contribution in [3.8, 4) is 0 Å². The largest absolute Gasteiger partial charge is 0.544 e. The molecule has 0 fully saturated rings. The molecule has 0 heterocycles. The van der Waals surface area contributed by atoms with E-state index in [1.165, 1.54) is 83.5 Å². The van der Waals surface area contributed by atoms with Crippen LogP contribution in [0, 0.1) is 0 Å². The van der Waals surface area contributed by atoms with Crippen molar-refractivity contribution in [1.29, 1.82) is 0 Å². The lowest BCUT2D eigenvalue weighted by Gasteiger charge is -2.34. The van der Waals surface area contributed by atoms with Crippen LogP contribution in [0.25, 0.3) is 0 Å². The van der Waals surface area contributed by atoms with E-state index in [-0.39, 0.29) is 42.7 Å². The van der Waals surface area contributed by atoms with Gasteiger partial charge < -0.3 is 28.6 Å². The first-order valence-electron chi connectivity index (χ1n) is 21.4. The molecule has 0 aromatic carbocycles. The lowest BCUT2D eigenvalue weighted by molar-refractivity contribution is -0.889. The monoisotopic (exact) mass is 736 g/mol. The van der Waals surface area contributed by atoms with Crippen LogP contribution in [0.3, 0.4) is 0 Å². The van der Waals surface area contributed by atoms with Crippen molar-refractivity contribution < 1.29 is 38.2 Å². The third-order valence-electron chi connectivity index (χ3n) is 9.56. The van der Waals surface area contributed by atoms with Crippen LogP contribution < -0.4 is 5.11 Å². The van der Waals surface area contributed by atoms with Crippen LogP contribution in [0.5, 0.6) is 0 Å². The number of ether oxygens (including phenoxy) is 3. The number of likely N-dealkylation sites (N-methyl/N-ethyl adjacent to an activating group) is 1. The molecule has 0 aromatic rings. The fourth-order valence-corrected chi connectivity index (χ4v) is 6.16. The van der Waals surface area contributed by atoms with E-state index in [4.69, 9.17) is 14.2 Å². The molecule has 0 amide bonds. The van der Waals surface area contributed by atoms with Gasteiger partial charge in [0.25, 0.3) is 0 Å². The molecule has 2 unspecified atom stereocenters.